The molecule has 1 heterocycles. The van der Waals surface area contributed by atoms with E-state index in [9.17, 15) is 4.79 Å². The summed E-state index contributed by atoms with van der Waals surface area (Å²) in [6.45, 7) is 14.4. The van der Waals surface area contributed by atoms with Crippen molar-refractivity contribution >= 4 is 5.91 Å². The highest BCUT2D eigenvalue weighted by Gasteiger charge is 2.61. The van der Waals surface area contributed by atoms with Gasteiger partial charge in [0.25, 0.3) is 0 Å². The van der Waals surface area contributed by atoms with E-state index < -0.39 is 0 Å². The second-order valence-electron chi connectivity index (χ2n) is 8.09. The second-order valence-corrected chi connectivity index (χ2v) is 8.09. The quantitative estimate of drug-likeness (QED) is 0.725. The summed E-state index contributed by atoms with van der Waals surface area (Å²) in [4.78, 5) is 17.5. The average Bonchev–Trinajstić information content (AvgIpc) is 2.98. The van der Waals surface area contributed by atoms with Crippen LogP contribution < -0.4 is 0 Å². The van der Waals surface area contributed by atoms with Gasteiger partial charge in [0.2, 0.25) is 5.91 Å². The first-order valence-electron chi connectivity index (χ1n) is 8.93. The highest BCUT2D eigenvalue weighted by molar-refractivity contribution is 5.84. The molecule has 22 heavy (non-hydrogen) atoms. The molecule has 2 atom stereocenters. The molecule has 2 rings (SSSR count). The summed E-state index contributed by atoms with van der Waals surface area (Å²) in [7, 11) is 2.02. The van der Waals surface area contributed by atoms with Crippen LogP contribution in [0.4, 0.5) is 0 Å². The van der Waals surface area contributed by atoms with Crippen LogP contribution in [0.1, 0.15) is 53.9 Å². The number of rotatable bonds is 5. The summed E-state index contributed by atoms with van der Waals surface area (Å²) < 4.78 is 0. The number of nitrogens with zero attached hydrogens (tertiary/aromatic N) is 2. The highest BCUT2D eigenvalue weighted by Crippen LogP contribution is 2.60. The molecule has 2 unspecified atom stereocenters. The molecule has 0 spiro atoms. The smallest absolute Gasteiger partial charge is 0.226 e. The van der Waals surface area contributed by atoms with Crippen LogP contribution in [-0.4, -0.2) is 48.4 Å². The van der Waals surface area contributed by atoms with Gasteiger partial charge < -0.3 is 9.80 Å². The number of carbonyl (C=O) groups excluding carboxylic acids is 1. The van der Waals surface area contributed by atoms with Gasteiger partial charge in [0, 0.05) is 26.2 Å². The maximum atomic E-state index is 12.9. The van der Waals surface area contributed by atoms with Crippen LogP contribution in [0.2, 0.25) is 0 Å². The van der Waals surface area contributed by atoms with Crippen LogP contribution in [0.15, 0.2) is 11.6 Å². The number of piperidine rings is 1. The van der Waals surface area contributed by atoms with Gasteiger partial charge in [-0.3, -0.25) is 4.79 Å². The van der Waals surface area contributed by atoms with Crippen LogP contribution in [0, 0.1) is 17.3 Å². The van der Waals surface area contributed by atoms with Gasteiger partial charge in [-0.2, -0.15) is 0 Å². The molecule has 1 saturated carbocycles. The van der Waals surface area contributed by atoms with Crippen LogP contribution in [-0.2, 0) is 4.79 Å². The second kappa shape index (κ2) is 6.74. The lowest BCUT2D eigenvalue weighted by Gasteiger charge is -2.37. The molecule has 0 radical (unpaired) electrons. The fraction of sp³-hybridized carbons (Fsp3) is 0.842. The molecule has 1 amide bonds. The average molecular weight is 306 g/mol. The molecule has 1 aliphatic carbocycles. The Kier molecular flexibility index (Phi) is 5.37. The normalized spacial score (nSPS) is 28.3. The number of hydrogen-bond acceptors (Lipinski definition) is 2. The van der Waals surface area contributed by atoms with Crippen molar-refractivity contribution in [1.29, 1.82) is 0 Å². The molecule has 0 aromatic rings. The zero-order valence-electron chi connectivity index (χ0n) is 15.4. The van der Waals surface area contributed by atoms with E-state index in [1.165, 1.54) is 18.5 Å². The summed E-state index contributed by atoms with van der Waals surface area (Å²) in [5.41, 5.74) is 1.45. The number of carbonyl (C=O) groups is 1. The fourth-order valence-electron chi connectivity index (χ4n) is 4.07. The fourth-order valence-corrected chi connectivity index (χ4v) is 4.07. The summed E-state index contributed by atoms with van der Waals surface area (Å²) in [6.07, 6.45) is 5.77. The van der Waals surface area contributed by atoms with Crippen molar-refractivity contribution in [3.05, 3.63) is 11.6 Å². The molecule has 3 heteroatoms. The van der Waals surface area contributed by atoms with Crippen LogP contribution in [0.5, 0.6) is 0 Å². The number of allylic oxidation sites excluding steroid dienone is 2. The minimum atomic E-state index is 0.130. The summed E-state index contributed by atoms with van der Waals surface area (Å²) in [6, 6.07) is 0.435. The number of amides is 1. The Morgan fingerprint density at radius 3 is 2.36 bits per heavy atom. The molecule has 2 aliphatic rings. The molecule has 0 aromatic carbocycles. The number of likely N-dealkylation sites (tertiary alicyclic amines) is 1. The number of hydrogen-bond donors (Lipinski definition) is 0. The van der Waals surface area contributed by atoms with Crippen molar-refractivity contribution in [2.75, 3.05) is 26.7 Å². The summed E-state index contributed by atoms with van der Waals surface area (Å²) >= 11 is 0. The minimum Gasteiger partial charge on any atom is -0.342 e. The van der Waals surface area contributed by atoms with E-state index in [4.69, 9.17) is 0 Å². The third kappa shape index (κ3) is 3.56. The molecule has 1 aliphatic heterocycles. The molecule has 0 bridgehead atoms. The van der Waals surface area contributed by atoms with Crippen molar-refractivity contribution in [3.63, 3.8) is 0 Å². The van der Waals surface area contributed by atoms with Gasteiger partial charge in [-0.25, -0.2) is 0 Å². The van der Waals surface area contributed by atoms with Gasteiger partial charge in [0.15, 0.2) is 0 Å². The molecule has 0 aromatic heterocycles. The first-order chi connectivity index (χ1) is 10.3. The first-order valence-corrected chi connectivity index (χ1v) is 8.93. The molecule has 2 fully saturated rings. The van der Waals surface area contributed by atoms with E-state index >= 15 is 0 Å². The van der Waals surface area contributed by atoms with Crippen LogP contribution in [0.3, 0.4) is 0 Å². The monoisotopic (exact) mass is 306 g/mol. The molecular weight excluding hydrogens is 272 g/mol. The van der Waals surface area contributed by atoms with Gasteiger partial charge in [-0.05, 0) is 51.0 Å². The van der Waals surface area contributed by atoms with Crippen LogP contribution in [0.25, 0.3) is 0 Å². The van der Waals surface area contributed by atoms with Crippen LogP contribution >= 0.6 is 0 Å². The lowest BCUT2D eigenvalue weighted by Crippen LogP contribution is -2.46. The van der Waals surface area contributed by atoms with E-state index in [2.05, 4.69) is 50.5 Å². The van der Waals surface area contributed by atoms with E-state index in [0.29, 0.717) is 17.9 Å². The highest BCUT2D eigenvalue weighted by atomic mass is 16.2. The predicted molar refractivity (Wildman–Crippen MR) is 92.7 cm³/mol. The summed E-state index contributed by atoms with van der Waals surface area (Å²) in [5, 5.41) is 0. The predicted octanol–water partition coefficient (Wildman–Crippen LogP) is 3.56. The SMILES string of the molecule is CCCN1CCC(N(C)C(=O)C2C(C=C(C)C)C2(C)C)CC1. The van der Waals surface area contributed by atoms with Crippen molar-refractivity contribution in [1.82, 2.24) is 9.80 Å². The van der Waals surface area contributed by atoms with E-state index in [1.807, 2.05) is 7.05 Å². The Morgan fingerprint density at radius 1 is 1.27 bits per heavy atom. The molecule has 0 N–H and O–H groups in total. The van der Waals surface area contributed by atoms with Gasteiger partial charge in [0.1, 0.15) is 0 Å². The van der Waals surface area contributed by atoms with Gasteiger partial charge in [-0.1, -0.05) is 32.4 Å². The van der Waals surface area contributed by atoms with Crippen molar-refractivity contribution in [3.8, 4) is 0 Å². The molecular formula is C19H34N2O. The lowest BCUT2D eigenvalue weighted by molar-refractivity contribution is -0.135. The van der Waals surface area contributed by atoms with Gasteiger partial charge in [0.05, 0.1) is 5.92 Å². The van der Waals surface area contributed by atoms with Gasteiger partial charge in [-0.15, -0.1) is 0 Å². The third-order valence-electron chi connectivity index (χ3n) is 5.68. The molecule has 126 valence electrons. The lowest BCUT2D eigenvalue weighted by atomic mass is 10.0. The Bertz CT molecular complexity index is 429. The zero-order valence-corrected chi connectivity index (χ0v) is 15.4. The minimum absolute atomic E-state index is 0.130. The Labute approximate surface area is 136 Å². The van der Waals surface area contributed by atoms with Crippen molar-refractivity contribution in [2.24, 2.45) is 17.3 Å². The Balaban J connectivity index is 1.92. The topological polar surface area (TPSA) is 23.6 Å². The maximum Gasteiger partial charge on any atom is 0.226 e. The van der Waals surface area contributed by atoms with E-state index in [0.717, 1.165) is 25.9 Å². The molecule has 1 saturated heterocycles. The Hall–Kier alpha value is -0.830. The Morgan fingerprint density at radius 2 is 1.86 bits per heavy atom. The van der Waals surface area contributed by atoms with Crippen molar-refractivity contribution in [2.45, 2.75) is 59.9 Å². The molecule has 3 nitrogen and oxygen atoms in total. The summed E-state index contributed by atoms with van der Waals surface area (Å²) in [5.74, 6) is 0.968. The van der Waals surface area contributed by atoms with Crippen molar-refractivity contribution < 1.29 is 4.79 Å². The van der Waals surface area contributed by atoms with E-state index in [1.54, 1.807) is 0 Å². The van der Waals surface area contributed by atoms with E-state index in [-0.39, 0.29) is 11.3 Å². The third-order valence-corrected chi connectivity index (χ3v) is 5.68. The largest absolute Gasteiger partial charge is 0.342 e. The standard InChI is InChI=1S/C19H34N2O/c1-7-10-21-11-8-15(9-12-21)20(6)18(22)17-16(13-14(2)3)19(17,4)5/h13,15-17H,7-12H2,1-6H3. The zero-order chi connectivity index (χ0) is 16.5. The first kappa shape index (κ1) is 17.5. The maximum absolute atomic E-state index is 12.9. The van der Waals surface area contributed by atoms with Gasteiger partial charge >= 0.3 is 0 Å².